The molecule has 1 aromatic rings. The van der Waals surface area contributed by atoms with Crippen LogP contribution in [0.2, 0.25) is 0 Å². The lowest BCUT2D eigenvalue weighted by Crippen LogP contribution is -2.74. The molecule has 2 aliphatic carbocycles. The quantitative estimate of drug-likeness (QED) is 0.452. The summed E-state index contributed by atoms with van der Waals surface area (Å²) in [6.45, 7) is 4.67. The maximum Gasteiger partial charge on any atom is 0.352 e. The Morgan fingerprint density at radius 3 is 2.58 bits per heavy atom. The molecular formula is C26H31NO9. The Balaban J connectivity index is 1.45. The van der Waals surface area contributed by atoms with Crippen LogP contribution in [0.5, 0.6) is 11.5 Å². The predicted octanol–water partition coefficient (Wildman–Crippen LogP) is 1.40. The van der Waals surface area contributed by atoms with E-state index in [0.29, 0.717) is 24.3 Å². The Kier molecular flexibility index (Phi) is 5.79. The van der Waals surface area contributed by atoms with Crippen molar-refractivity contribution in [2.45, 2.75) is 75.4 Å². The molecule has 36 heavy (non-hydrogen) atoms. The predicted molar refractivity (Wildman–Crippen MR) is 124 cm³/mol. The number of likely N-dealkylation sites (N-methyl/N-ethyl adjacent to an activating group) is 1. The number of likely N-dealkylation sites (tertiary alicyclic amines) is 1. The van der Waals surface area contributed by atoms with Crippen molar-refractivity contribution in [2.24, 2.45) is 0 Å². The first-order valence-corrected chi connectivity index (χ1v) is 12.1. The molecule has 0 aromatic heterocycles. The number of piperidine rings is 1. The average molecular weight is 502 g/mol. The maximum atomic E-state index is 12.9. The van der Waals surface area contributed by atoms with Gasteiger partial charge in [0.25, 0.3) is 0 Å². The molecule has 5 rings (SSSR count). The highest BCUT2D eigenvalue weighted by Crippen LogP contribution is 2.65. The van der Waals surface area contributed by atoms with Crippen LogP contribution in [0, 0.1) is 0 Å². The molecule has 0 radical (unpaired) electrons. The van der Waals surface area contributed by atoms with Crippen molar-refractivity contribution in [3.63, 3.8) is 0 Å². The Labute approximate surface area is 209 Å². The van der Waals surface area contributed by atoms with E-state index in [-0.39, 0.29) is 18.2 Å². The van der Waals surface area contributed by atoms with Gasteiger partial charge in [-0.25, -0.2) is 9.59 Å². The summed E-state index contributed by atoms with van der Waals surface area (Å²) in [6.07, 6.45) is 0.105. The van der Waals surface area contributed by atoms with Gasteiger partial charge in [0.05, 0.1) is 18.1 Å². The number of ether oxygens (including phenoxy) is 5. The summed E-state index contributed by atoms with van der Waals surface area (Å²) in [7, 11) is 3.58. The molecule has 0 amide bonds. The molecule has 1 aromatic carbocycles. The van der Waals surface area contributed by atoms with Gasteiger partial charge in [-0.3, -0.25) is 4.79 Å². The van der Waals surface area contributed by atoms with E-state index in [9.17, 15) is 19.5 Å². The van der Waals surface area contributed by atoms with Crippen molar-refractivity contribution >= 4 is 17.9 Å². The van der Waals surface area contributed by atoms with Gasteiger partial charge in [0.15, 0.2) is 29.8 Å². The van der Waals surface area contributed by atoms with Crippen molar-refractivity contribution in [2.75, 3.05) is 20.7 Å². The lowest BCUT2D eigenvalue weighted by atomic mass is 9.50. The minimum absolute atomic E-state index is 0.125. The molecule has 2 bridgehead atoms. The zero-order chi connectivity index (χ0) is 26.0. The van der Waals surface area contributed by atoms with Crippen LogP contribution in [0.1, 0.15) is 44.7 Å². The molecule has 1 fully saturated rings. The third kappa shape index (κ3) is 3.34. The van der Waals surface area contributed by atoms with Gasteiger partial charge in [-0.05, 0) is 58.0 Å². The molecule has 4 aliphatic rings. The van der Waals surface area contributed by atoms with Crippen LogP contribution in [0.4, 0.5) is 0 Å². The van der Waals surface area contributed by atoms with E-state index in [1.54, 1.807) is 13.2 Å². The minimum Gasteiger partial charge on any atom is -0.493 e. The highest BCUT2D eigenvalue weighted by atomic mass is 16.6. The molecule has 0 unspecified atom stereocenters. The SMILES string of the molecule is COc1ccc2c3c1O[C@@H]1C(OC(=O)[C@H](C)OC(=O)[C@H](C)OC(C)=O)=CC[C@]4(O)[C@H](C2)N(C)CC[C@@]314. The van der Waals surface area contributed by atoms with Crippen LogP contribution in [0.25, 0.3) is 0 Å². The molecule has 194 valence electrons. The van der Waals surface area contributed by atoms with Gasteiger partial charge in [0.1, 0.15) is 5.76 Å². The van der Waals surface area contributed by atoms with Crippen molar-refractivity contribution in [3.8, 4) is 11.5 Å². The molecule has 10 nitrogen and oxygen atoms in total. The van der Waals surface area contributed by atoms with Crippen molar-refractivity contribution in [1.29, 1.82) is 0 Å². The van der Waals surface area contributed by atoms with Gasteiger partial charge in [0.2, 0.25) is 0 Å². The zero-order valence-electron chi connectivity index (χ0n) is 21.0. The average Bonchev–Trinajstić information content (AvgIpc) is 3.18. The third-order valence-corrected chi connectivity index (χ3v) is 8.08. The molecule has 1 spiro atoms. The van der Waals surface area contributed by atoms with Crippen LogP contribution in [-0.2, 0) is 40.4 Å². The second kappa shape index (κ2) is 8.48. The van der Waals surface area contributed by atoms with Crippen molar-refractivity contribution < 1.29 is 43.2 Å². The van der Waals surface area contributed by atoms with Crippen molar-refractivity contribution in [3.05, 3.63) is 35.1 Å². The van der Waals surface area contributed by atoms with Gasteiger partial charge in [-0.15, -0.1) is 0 Å². The van der Waals surface area contributed by atoms with E-state index in [0.717, 1.165) is 17.7 Å². The number of rotatable bonds is 6. The van der Waals surface area contributed by atoms with Crippen LogP contribution in [-0.4, -0.2) is 78.6 Å². The normalized spacial score (nSPS) is 31.2. The zero-order valence-corrected chi connectivity index (χ0v) is 21.0. The molecular weight excluding hydrogens is 470 g/mol. The summed E-state index contributed by atoms with van der Waals surface area (Å²) in [5, 5.41) is 12.2. The van der Waals surface area contributed by atoms with Gasteiger partial charge < -0.3 is 33.7 Å². The summed E-state index contributed by atoms with van der Waals surface area (Å²) in [6, 6.07) is 3.76. The monoisotopic (exact) mass is 501 g/mol. The maximum absolute atomic E-state index is 12.9. The van der Waals surface area contributed by atoms with Crippen LogP contribution in [0.3, 0.4) is 0 Å². The third-order valence-electron chi connectivity index (χ3n) is 8.08. The van der Waals surface area contributed by atoms with E-state index < -0.39 is 47.2 Å². The number of esters is 3. The Morgan fingerprint density at radius 1 is 1.17 bits per heavy atom. The summed E-state index contributed by atoms with van der Waals surface area (Å²) in [4.78, 5) is 38.4. The number of hydrogen-bond donors (Lipinski definition) is 1. The lowest BCUT2D eigenvalue weighted by Gasteiger charge is -2.61. The largest absolute Gasteiger partial charge is 0.493 e. The second-order valence-corrected chi connectivity index (χ2v) is 10.0. The number of aliphatic hydroxyl groups is 1. The number of carbonyl (C=O) groups is 3. The smallest absolute Gasteiger partial charge is 0.352 e. The number of hydrogen-bond acceptors (Lipinski definition) is 10. The van der Waals surface area contributed by atoms with Gasteiger partial charge in [0, 0.05) is 24.9 Å². The fourth-order valence-electron chi connectivity index (χ4n) is 6.40. The molecule has 1 N–H and O–H groups in total. The number of nitrogens with zero attached hydrogens (tertiary/aromatic N) is 1. The number of carbonyl (C=O) groups excluding carboxylic acids is 3. The van der Waals surface area contributed by atoms with E-state index in [4.69, 9.17) is 23.7 Å². The van der Waals surface area contributed by atoms with Gasteiger partial charge >= 0.3 is 17.9 Å². The van der Waals surface area contributed by atoms with E-state index in [1.165, 1.54) is 20.8 Å². The first kappa shape index (κ1) is 24.6. The Morgan fingerprint density at radius 2 is 1.89 bits per heavy atom. The second-order valence-electron chi connectivity index (χ2n) is 10.0. The fourth-order valence-corrected chi connectivity index (χ4v) is 6.40. The van der Waals surface area contributed by atoms with E-state index >= 15 is 0 Å². The Bertz CT molecular complexity index is 1160. The molecule has 0 saturated carbocycles. The standard InChI is InChI=1S/C26H31NO9/c1-13(33-15(3)28)23(29)34-14(2)24(30)35-18-8-9-26(31)19-12-16-6-7-17(32-5)21-20(16)25(26,22(18)36-21)10-11-27(19)4/h6-8,13-14,19,22,31H,9-12H2,1-5H3/t13-,14-,19-,22+,25+,26-/m0/s1. The Hall–Kier alpha value is -3.11. The topological polar surface area (TPSA) is 121 Å². The van der Waals surface area contributed by atoms with Gasteiger partial charge in [-0.1, -0.05) is 6.07 Å². The van der Waals surface area contributed by atoms with Crippen LogP contribution < -0.4 is 9.47 Å². The summed E-state index contributed by atoms with van der Waals surface area (Å²) >= 11 is 0. The first-order valence-electron chi connectivity index (χ1n) is 12.1. The molecule has 2 aliphatic heterocycles. The van der Waals surface area contributed by atoms with Crippen LogP contribution >= 0.6 is 0 Å². The fraction of sp³-hybridized carbons (Fsp3) is 0.577. The highest BCUT2D eigenvalue weighted by molar-refractivity contribution is 5.83. The van der Waals surface area contributed by atoms with E-state index in [2.05, 4.69) is 4.90 Å². The highest BCUT2D eigenvalue weighted by Gasteiger charge is 2.72. The number of methoxy groups -OCH3 is 1. The molecule has 6 atom stereocenters. The summed E-state index contributed by atoms with van der Waals surface area (Å²) in [5.41, 5.74) is 0.0808. The van der Waals surface area contributed by atoms with E-state index in [1.807, 2.05) is 19.2 Å². The summed E-state index contributed by atoms with van der Waals surface area (Å²) in [5.74, 6) is -0.881. The van der Waals surface area contributed by atoms with Crippen molar-refractivity contribution in [1.82, 2.24) is 4.90 Å². The molecule has 1 saturated heterocycles. The molecule has 2 heterocycles. The number of benzene rings is 1. The molecule has 10 heteroatoms. The van der Waals surface area contributed by atoms with Crippen LogP contribution in [0.15, 0.2) is 24.0 Å². The summed E-state index contributed by atoms with van der Waals surface area (Å²) < 4.78 is 27.7. The first-order chi connectivity index (χ1) is 17.0. The lowest BCUT2D eigenvalue weighted by molar-refractivity contribution is -0.179. The minimum atomic E-state index is -1.25. The van der Waals surface area contributed by atoms with Gasteiger partial charge in [-0.2, -0.15) is 0 Å².